The highest BCUT2D eigenvalue weighted by Gasteiger charge is 2.41. The number of aryl methyl sites for hydroxylation is 2. The molecular weight excluding hydrogens is 1420 g/mol. The average molecular weight is 1520 g/mol. The fraction of sp³-hybridized carbons (Fsp3) is 0.651. The van der Waals surface area contributed by atoms with Crippen molar-refractivity contribution < 1.29 is 130 Å². The Morgan fingerprint density at radius 2 is 1.09 bits per heavy atom. The predicted octanol–water partition coefficient (Wildman–Crippen LogP) is -3.51. The van der Waals surface area contributed by atoms with Gasteiger partial charge in [0.25, 0.3) is 5.91 Å². The zero-order chi connectivity index (χ0) is 78.5. The molecule has 105 heavy (non-hydrogen) atoms. The summed E-state index contributed by atoms with van der Waals surface area (Å²) < 4.78 is 34.5. The maximum Gasteiger partial charge on any atom is 0.519 e. The highest BCUT2D eigenvalue weighted by atomic mass is 35.5. The topological polar surface area (TPSA) is 633 Å². The Hall–Kier alpha value is -9.97. The molecule has 11 amide bonds. The van der Waals surface area contributed by atoms with Crippen molar-refractivity contribution >= 4 is 94.9 Å². The molecule has 12 atom stereocenters. The number of ether oxygens (including phenoxy) is 3. The van der Waals surface area contributed by atoms with Gasteiger partial charge in [-0.1, -0.05) is 70.8 Å². The summed E-state index contributed by atoms with van der Waals surface area (Å²) in [5.41, 5.74) is 4.91. The number of carboxylic acid groups (broad SMARTS) is 2. The summed E-state index contributed by atoms with van der Waals surface area (Å²) in [6.45, 7) is 2.83. The van der Waals surface area contributed by atoms with Crippen molar-refractivity contribution in [3.8, 4) is 0 Å². The van der Waals surface area contributed by atoms with Crippen LogP contribution in [0.2, 0.25) is 0 Å². The Bertz CT molecular complexity index is 3430. The first-order valence-corrected chi connectivity index (χ1v) is 34.3. The molecule has 3 rings (SSSR count). The zero-order valence-corrected chi connectivity index (χ0v) is 59.3. The van der Waals surface area contributed by atoms with Crippen molar-refractivity contribution in [2.45, 2.75) is 230 Å². The van der Waals surface area contributed by atoms with Crippen molar-refractivity contribution in [1.82, 2.24) is 58.5 Å². The van der Waals surface area contributed by atoms with Crippen molar-refractivity contribution in [1.29, 1.82) is 0 Å². The van der Waals surface area contributed by atoms with Crippen molar-refractivity contribution in [2.24, 2.45) is 5.73 Å². The fourth-order valence-electron chi connectivity index (χ4n) is 9.91. The number of rotatable bonds is 34. The van der Waals surface area contributed by atoms with Gasteiger partial charge in [0.2, 0.25) is 47.3 Å². The molecule has 6 unspecified atom stereocenters. The number of aliphatic hydroxyl groups excluding tert-OH is 4. The first-order chi connectivity index (χ1) is 49.7. The third kappa shape index (κ3) is 32.3. The van der Waals surface area contributed by atoms with Crippen LogP contribution in [0.4, 0.5) is 9.59 Å². The molecule has 1 fully saturated rings. The zero-order valence-electron chi connectivity index (χ0n) is 58.5. The van der Waals surface area contributed by atoms with Crippen molar-refractivity contribution in [3.63, 3.8) is 0 Å². The first kappa shape index (κ1) is 89.2. The number of alkyl halides is 1. The summed E-state index contributed by atoms with van der Waals surface area (Å²) in [5.74, 6) is -22.2. The number of unbranched alkanes of at least 4 members (excludes halogenated alkanes) is 9. The lowest BCUT2D eigenvalue weighted by molar-refractivity contribution is -0.153. The highest BCUT2D eigenvalue weighted by molar-refractivity contribution is 6.18. The van der Waals surface area contributed by atoms with E-state index in [0.29, 0.717) is 12.8 Å². The van der Waals surface area contributed by atoms with Crippen LogP contribution in [0, 0.1) is 13.8 Å². The normalized spacial score (nSPS) is 21.7. The molecule has 0 bridgehead atoms. The number of carboxylic acids is 2. The SMILES string of the molecule is C/C=C1/NC(=O)C([C@H](C)O)NC(=O)[C@H](CCNC(=O)OCc2oc(=O)oc2C)NC(=O)C([C@H](O)C(=O)O)NC(=O)C(CCCCN)NC(=O)[C@H](CC(=O)O)NC(=O)C(CCNC(=O)OCc2oc(=O)oc2C)NC(=O)C(NC(=O)C[C@H](O)CCCCCCCCCCC)COC(=O)C([C@H](O)CCl)NC1=O. The molecule has 42 heteroatoms. The number of carbonyl (C=O) groups is 14. The molecule has 1 saturated heterocycles. The second kappa shape index (κ2) is 46.7. The summed E-state index contributed by atoms with van der Waals surface area (Å²) in [4.78, 5) is 216. The van der Waals surface area contributed by atoms with Crippen LogP contribution in [0.25, 0.3) is 0 Å². The van der Waals surface area contributed by atoms with E-state index in [1.54, 1.807) is 0 Å². The third-order valence-corrected chi connectivity index (χ3v) is 16.1. The van der Waals surface area contributed by atoms with E-state index in [4.69, 9.17) is 49.2 Å². The standard InChI is InChI=1S/C63H95ClN12O29/c1-6-8-9-10-11-12-13-14-15-18-34(78)25-44(80)68-40-28-99-59(94)47(41(79)27-64)75-50(84)35(7-2)69-56(90)46(31(3)77)74-53(87)38(21-24-67-61(96)101-30-43-33(5)103-63(98)105-43)72-57(91)48(49(83)58(92)93)76-52(86)36(19-16-17-22-65)70-54(88)39(26-45(81)82)73-51(85)37(71-55(40)89)20-23-66-60(95)100-29-42-32(4)102-62(97)104-42/h7,31,34,36-41,46-49,77-79,83H,6,8-30,65H2,1-5H3,(H,66,95)(H,67,96)(H,68,80)(H,69,90)(H,70,88)(H,71,89)(H,72,91)(H,73,85)(H,74,87)(H,75,84)(H,76,86)(H,81,82)(H,92,93)/b35-7+/t31-,34+,36?,37?,38-,39-,40?,41+,46?,47?,48?,49-/m0/s1. The van der Waals surface area contributed by atoms with Gasteiger partial charge in [-0.05, 0) is 72.8 Å². The Balaban J connectivity index is 2.25. The minimum Gasteiger partial charge on any atom is -0.481 e. The second-order valence-corrected chi connectivity index (χ2v) is 24.5. The minimum atomic E-state index is -2.94. The van der Waals surface area contributed by atoms with E-state index in [0.717, 1.165) is 64.9 Å². The second-order valence-electron chi connectivity index (χ2n) is 24.2. The van der Waals surface area contributed by atoms with Gasteiger partial charge in [-0.25, -0.2) is 28.8 Å². The molecule has 3 heterocycles. The molecular formula is C63H95ClN12O29. The molecule has 0 saturated carbocycles. The smallest absolute Gasteiger partial charge is 0.481 e. The fourth-order valence-corrected chi connectivity index (χ4v) is 10.1. The lowest BCUT2D eigenvalue weighted by Crippen LogP contribution is -2.63. The molecule has 1 aliphatic heterocycles. The molecule has 0 spiro atoms. The maximum atomic E-state index is 14.6. The number of alkyl carbamates (subject to hydrolysis) is 2. The van der Waals surface area contributed by atoms with Crippen LogP contribution >= 0.6 is 11.6 Å². The number of aliphatic hydroxyl groups is 4. The number of allylic oxidation sites excluding steroid dienone is 1. The summed E-state index contributed by atoms with van der Waals surface area (Å²) in [5, 5.41) is 87.7. The maximum absolute atomic E-state index is 14.6. The van der Waals surface area contributed by atoms with Gasteiger partial charge < -0.3 is 127 Å². The van der Waals surface area contributed by atoms with Crippen LogP contribution in [0.1, 0.15) is 153 Å². The van der Waals surface area contributed by atoms with Gasteiger partial charge in [0.05, 0.1) is 37.0 Å². The molecule has 19 N–H and O–H groups in total. The number of aliphatic carboxylic acids is 2. The molecule has 0 aliphatic carbocycles. The minimum absolute atomic E-state index is 0.0435. The van der Waals surface area contributed by atoms with Crippen LogP contribution in [0.3, 0.4) is 0 Å². The number of esters is 1. The Morgan fingerprint density at radius 1 is 0.600 bits per heavy atom. The van der Waals surface area contributed by atoms with E-state index in [1.165, 1.54) is 13.8 Å². The Labute approximate surface area is 604 Å². The number of halogens is 1. The van der Waals surface area contributed by atoms with Gasteiger partial charge in [-0.3, -0.25) is 47.9 Å². The number of nitrogens with two attached hydrogens (primary N) is 1. The summed E-state index contributed by atoms with van der Waals surface area (Å²) in [6, 6.07) is -17.6. The highest BCUT2D eigenvalue weighted by Crippen LogP contribution is 2.15. The van der Waals surface area contributed by atoms with E-state index >= 15 is 0 Å². The third-order valence-electron chi connectivity index (χ3n) is 15.8. The quantitative estimate of drug-likeness (QED) is 0.0106. The Morgan fingerprint density at radius 3 is 1.57 bits per heavy atom. The summed E-state index contributed by atoms with van der Waals surface area (Å²) in [6.07, 6.45) is -5.40. The monoisotopic (exact) mass is 1520 g/mol. The van der Waals surface area contributed by atoms with Gasteiger partial charge in [-0.15, -0.1) is 11.6 Å². The van der Waals surface area contributed by atoms with E-state index in [-0.39, 0.29) is 48.8 Å². The molecule has 1 aliphatic rings. The van der Waals surface area contributed by atoms with Crippen LogP contribution in [0.15, 0.2) is 39.0 Å². The number of cyclic esters (lactones) is 1. The average Bonchev–Trinajstić information content (AvgIpc) is 1.69. The van der Waals surface area contributed by atoms with E-state index in [9.17, 15) is 107 Å². The lowest BCUT2D eigenvalue weighted by atomic mass is 10.0. The first-order valence-electron chi connectivity index (χ1n) is 33.7. The van der Waals surface area contributed by atoms with E-state index < -0.39 is 244 Å². The van der Waals surface area contributed by atoms with Crippen molar-refractivity contribution in [3.05, 3.63) is 56.0 Å². The molecule has 2 aromatic heterocycles. The lowest BCUT2D eigenvalue weighted by Gasteiger charge is -2.29. The van der Waals surface area contributed by atoms with Gasteiger partial charge in [0, 0.05) is 13.1 Å². The molecule has 588 valence electrons. The Kier molecular flexibility index (Phi) is 39.7. The van der Waals surface area contributed by atoms with E-state index in [2.05, 4.69) is 60.1 Å². The molecule has 41 nitrogen and oxygen atoms in total. The number of hydrogen-bond acceptors (Lipinski definition) is 28. The van der Waals surface area contributed by atoms with Crippen LogP contribution < -0.4 is 75.9 Å². The van der Waals surface area contributed by atoms with Gasteiger partial charge in [0.15, 0.2) is 48.4 Å². The summed E-state index contributed by atoms with van der Waals surface area (Å²) >= 11 is 5.96. The largest absolute Gasteiger partial charge is 0.519 e. The van der Waals surface area contributed by atoms with Crippen LogP contribution in [-0.4, -0.2) is 219 Å². The number of nitrogens with one attached hydrogen (secondary N) is 11. The molecule has 0 radical (unpaired) electrons. The molecule has 2 aromatic rings. The number of amides is 11. The summed E-state index contributed by atoms with van der Waals surface area (Å²) in [7, 11) is 0. The van der Waals surface area contributed by atoms with Gasteiger partial charge in [-0.2, -0.15) is 0 Å². The van der Waals surface area contributed by atoms with Crippen molar-refractivity contribution in [2.75, 3.05) is 32.1 Å². The number of hydrogen-bond donors (Lipinski definition) is 18. The van der Waals surface area contributed by atoms with Crippen LogP contribution in [0.5, 0.6) is 0 Å². The van der Waals surface area contributed by atoms with Gasteiger partial charge in [0.1, 0.15) is 54.6 Å². The number of carbonyl (C=O) groups excluding carboxylic acids is 12. The van der Waals surface area contributed by atoms with Crippen LogP contribution in [-0.2, 0) is 85.0 Å². The van der Waals surface area contributed by atoms with E-state index in [1.807, 2.05) is 5.32 Å². The van der Waals surface area contributed by atoms with Gasteiger partial charge >= 0.3 is 41.7 Å². The predicted molar refractivity (Wildman–Crippen MR) is 358 cm³/mol. The molecule has 0 aromatic carbocycles.